The molecule has 0 aliphatic carbocycles. The third kappa shape index (κ3) is 2.96. The number of hydrogen-bond acceptors (Lipinski definition) is 3. The third-order valence-electron chi connectivity index (χ3n) is 2.43. The normalized spacial score (nSPS) is 15.7. The molecule has 2 rings (SSSR count). The van der Waals surface area contributed by atoms with E-state index in [1.165, 1.54) is 5.57 Å². The molecule has 0 radical (unpaired) electrons. The SMILES string of the molecule is O=C(NCC1=CCNCC1)c1ccc(Br)o1. The summed E-state index contributed by atoms with van der Waals surface area (Å²) in [5.74, 6) is 0.159. The number of amides is 1. The van der Waals surface area contributed by atoms with E-state index in [1.54, 1.807) is 12.1 Å². The molecule has 16 heavy (non-hydrogen) atoms. The molecule has 1 amide bonds. The molecule has 1 aliphatic rings. The van der Waals surface area contributed by atoms with E-state index < -0.39 is 0 Å². The van der Waals surface area contributed by atoms with Gasteiger partial charge in [0.25, 0.3) is 5.91 Å². The maximum Gasteiger partial charge on any atom is 0.287 e. The summed E-state index contributed by atoms with van der Waals surface area (Å²) in [5, 5.41) is 6.06. The Kier molecular flexibility index (Phi) is 3.79. The Bertz CT molecular complexity index is 412. The molecule has 1 aromatic heterocycles. The molecule has 0 spiro atoms. The van der Waals surface area contributed by atoms with Crippen molar-refractivity contribution >= 4 is 21.8 Å². The fraction of sp³-hybridized carbons (Fsp3) is 0.364. The van der Waals surface area contributed by atoms with Gasteiger partial charge >= 0.3 is 0 Å². The van der Waals surface area contributed by atoms with Crippen LogP contribution < -0.4 is 10.6 Å². The van der Waals surface area contributed by atoms with Gasteiger partial charge in [-0.05, 0) is 41.0 Å². The van der Waals surface area contributed by atoms with Gasteiger partial charge in [-0.15, -0.1) is 0 Å². The van der Waals surface area contributed by atoms with E-state index in [2.05, 4.69) is 32.6 Å². The van der Waals surface area contributed by atoms with Crippen LogP contribution in [0.2, 0.25) is 0 Å². The number of furan rings is 1. The van der Waals surface area contributed by atoms with Crippen molar-refractivity contribution in [3.63, 3.8) is 0 Å². The lowest BCUT2D eigenvalue weighted by Gasteiger charge is -2.13. The van der Waals surface area contributed by atoms with Crippen molar-refractivity contribution in [2.75, 3.05) is 19.6 Å². The van der Waals surface area contributed by atoms with Gasteiger partial charge in [0.05, 0.1) is 0 Å². The summed E-state index contributed by atoms with van der Waals surface area (Å²) in [5.41, 5.74) is 1.26. The summed E-state index contributed by atoms with van der Waals surface area (Å²) in [6.45, 7) is 2.46. The van der Waals surface area contributed by atoms with Gasteiger partial charge in [-0.3, -0.25) is 4.79 Å². The van der Waals surface area contributed by atoms with Gasteiger partial charge in [-0.25, -0.2) is 0 Å². The molecule has 1 aliphatic heterocycles. The van der Waals surface area contributed by atoms with Crippen LogP contribution in [0.4, 0.5) is 0 Å². The zero-order chi connectivity index (χ0) is 11.4. The van der Waals surface area contributed by atoms with Gasteiger partial charge in [0.2, 0.25) is 0 Å². The summed E-state index contributed by atoms with van der Waals surface area (Å²) in [6.07, 6.45) is 3.10. The minimum absolute atomic E-state index is 0.176. The van der Waals surface area contributed by atoms with Gasteiger partial charge in [0, 0.05) is 13.1 Å². The van der Waals surface area contributed by atoms with Crippen molar-refractivity contribution < 1.29 is 9.21 Å². The fourth-order valence-corrected chi connectivity index (χ4v) is 1.85. The number of carbonyl (C=O) groups is 1. The third-order valence-corrected chi connectivity index (χ3v) is 2.86. The molecule has 0 aromatic carbocycles. The first kappa shape index (κ1) is 11.4. The van der Waals surface area contributed by atoms with Gasteiger partial charge in [-0.2, -0.15) is 0 Å². The average molecular weight is 285 g/mol. The largest absolute Gasteiger partial charge is 0.444 e. The van der Waals surface area contributed by atoms with Crippen LogP contribution in [-0.4, -0.2) is 25.5 Å². The second-order valence-corrected chi connectivity index (χ2v) is 4.38. The van der Waals surface area contributed by atoms with Crippen molar-refractivity contribution in [2.45, 2.75) is 6.42 Å². The molecule has 0 atom stereocenters. The van der Waals surface area contributed by atoms with E-state index in [9.17, 15) is 4.79 Å². The summed E-state index contributed by atoms with van der Waals surface area (Å²) in [6, 6.07) is 3.36. The first-order valence-corrected chi connectivity index (χ1v) is 5.97. The van der Waals surface area contributed by atoms with E-state index in [1.807, 2.05) is 0 Å². The van der Waals surface area contributed by atoms with Gasteiger partial charge in [0.1, 0.15) is 0 Å². The monoisotopic (exact) mass is 284 g/mol. The van der Waals surface area contributed by atoms with Crippen LogP contribution in [0.5, 0.6) is 0 Å². The highest BCUT2D eigenvalue weighted by atomic mass is 79.9. The Morgan fingerprint density at radius 3 is 3.06 bits per heavy atom. The maximum atomic E-state index is 11.6. The topological polar surface area (TPSA) is 54.3 Å². The maximum absolute atomic E-state index is 11.6. The zero-order valence-corrected chi connectivity index (χ0v) is 10.3. The van der Waals surface area contributed by atoms with Crippen molar-refractivity contribution in [3.8, 4) is 0 Å². The molecule has 0 saturated carbocycles. The number of rotatable bonds is 3. The first-order chi connectivity index (χ1) is 7.75. The molecular formula is C11H13BrN2O2. The van der Waals surface area contributed by atoms with E-state index in [4.69, 9.17) is 4.42 Å². The van der Waals surface area contributed by atoms with Crippen molar-refractivity contribution in [1.29, 1.82) is 0 Å². The van der Waals surface area contributed by atoms with Crippen molar-refractivity contribution in [3.05, 3.63) is 34.2 Å². The predicted molar refractivity (Wildman–Crippen MR) is 64.3 cm³/mol. The quantitative estimate of drug-likeness (QED) is 0.831. The smallest absolute Gasteiger partial charge is 0.287 e. The molecule has 0 saturated heterocycles. The highest BCUT2D eigenvalue weighted by Crippen LogP contribution is 2.13. The molecule has 1 aromatic rings. The van der Waals surface area contributed by atoms with Crippen molar-refractivity contribution in [2.24, 2.45) is 0 Å². The Labute approximate surface area is 102 Å². The Balaban J connectivity index is 1.86. The second-order valence-electron chi connectivity index (χ2n) is 3.60. The molecule has 0 fully saturated rings. The lowest BCUT2D eigenvalue weighted by molar-refractivity contribution is 0.0927. The van der Waals surface area contributed by atoms with Crippen LogP contribution in [0.1, 0.15) is 17.0 Å². The average Bonchev–Trinajstić information content (AvgIpc) is 2.74. The second kappa shape index (κ2) is 5.32. The molecule has 2 N–H and O–H groups in total. The summed E-state index contributed by atoms with van der Waals surface area (Å²) >= 11 is 3.16. The van der Waals surface area contributed by atoms with Gasteiger partial charge in [0.15, 0.2) is 10.4 Å². The minimum atomic E-state index is -0.176. The minimum Gasteiger partial charge on any atom is -0.444 e. The number of hydrogen-bond donors (Lipinski definition) is 2. The fourth-order valence-electron chi connectivity index (χ4n) is 1.55. The van der Waals surface area contributed by atoms with Crippen LogP contribution >= 0.6 is 15.9 Å². The molecule has 4 nitrogen and oxygen atoms in total. The van der Waals surface area contributed by atoms with E-state index in [-0.39, 0.29) is 5.91 Å². The first-order valence-electron chi connectivity index (χ1n) is 5.18. The van der Waals surface area contributed by atoms with E-state index >= 15 is 0 Å². The van der Waals surface area contributed by atoms with Crippen LogP contribution in [0.3, 0.4) is 0 Å². The Hall–Kier alpha value is -1.07. The lowest BCUT2D eigenvalue weighted by atomic mass is 10.1. The molecular weight excluding hydrogens is 272 g/mol. The zero-order valence-electron chi connectivity index (χ0n) is 8.75. The van der Waals surface area contributed by atoms with Crippen LogP contribution in [0.25, 0.3) is 0 Å². The highest BCUT2D eigenvalue weighted by Gasteiger charge is 2.11. The molecule has 5 heteroatoms. The predicted octanol–water partition coefficient (Wildman–Crippen LogP) is 1.69. The van der Waals surface area contributed by atoms with Crippen LogP contribution in [0.15, 0.2) is 32.9 Å². The molecule has 2 heterocycles. The summed E-state index contributed by atoms with van der Waals surface area (Å²) in [4.78, 5) is 11.6. The standard InChI is InChI=1S/C11H13BrN2O2/c12-10-2-1-9(16-10)11(15)14-7-8-3-5-13-6-4-8/h1-3,13H,4-7H2,(H,14,15). The van der Waals surface area contributed by atoms with E-state index in [0.717, 1.165) is 19.5 Å². The number of halogens is 1. The van der Waals surface area contributed by atoms with E-state index in [0.29, 0.717) is 17.0 Å². The molecule has 86 valence electrons. The van der Waals surface area contributed by atoms with Gasteiger partial charge in [-0.1, -0.05) is 11.6 Å². The van der Waals surface area contributed by atoms with Crippen LogP contribution in [-0.2, 0) is 0 Å². The summed E-state index contributed by atoms with van der Waals surface area (Å²) in [7, 11) is 0. The summed E-state index contributed by atoms with van der Waals surface area (Å²) < 4.78 is 5.73. The molecule has 0 bridgehead atoms. The number of nitrogens with one attached hydrogen (secondary N) is 2. The number of carbonyl (C=O) groups excluding carboxylic acids is 1. The van der Waals surface area contributed by atoms with Crippen LogP contribution in [0, 0.1) is 0 Å². The van der Waals surface area contributed by atoms with Gasteiger partial charge < -0.3 is 15.1 Å². The lowest BCUT2D eigenvalue weighted by Crippen LogP contribution is -2.29. The Morgan fingerprint density at radius 2 is 2.44 bits per heavy atom. The Morgan fingerprint density at radius 1 is 1.56 bits per heavy atom. The van der Waals surface area contributed by atoms with Crippen molar-refractivity contribution in [1.82, 2.24) is 10.6 Å². The highest BCUT2D eigenvalue weighted by molar-refractivity contribution is 9.10. The molecule has 0 unspecified atom stereocenters.